The van der Waals surface area contributed by atoms with Crippen LogP contribution in [0.3, 0.4) is 0 Å². The van der Waals surface area contributed by atoms with Gasteiger partial charge in [0.05, 0.1) is 16.6 Å². The Morgan fingerprint density at radius 3 is 2.96 bits per heavy atom. The van der Waals surface area contributed by atoms with Gasteiger partial charge in [0.1, 0.15) is 0 Å². The van der Waals surface area contributed by atoms with Crippen LogP contribution in [0.2, 0.25) is 5.02 Å². The van der Waals surface area contributed by atoms with Crippen molar-refractivity contribution in [3.63, 3.8) is 0 Å². The summed E-state index contributed by atoms with van der Waals surface area (Å²) >= 11 is 6.33. The van der Waals surface area contributed by atoms with Gasteiger partial charge in [-0.25, -0.2) is 0 Å². The van der Waals surface area contributed by atoms with Gasteiger partial charge in [-0.05, 0) is 60.9 Å². The zero-order chi connectivity index (χ0) is 16.5. The molecule has 4 rings (SSSR count). The smallest absolute Gasteiger partial charge is 0.228 e. The number of carbonyl (C=O) groups is 1. The highest BCUT2D eigenvalue weighted by atomic mass is 35.5. The summed E-state index contributed by atoms with van der Waals surface area (Å²) in [5.41, 5.74) is 1.41. The minimum absolute atomic E-state index is 0.00735. The van der Waals surface area contributed by atoms with E-state index in [1.807, 2.05) is 6.07 Å². The quantitative estimate of drug-likeness (QED) is 0.886. The summed E-state index contributed by atoms with van der Waals surface area (Å²) in [6, 6.07) is 5.41. The molecule has 126 valence electrons. The minimum atomic E-state index is 0.00735. The number of nitrogens with one attached hydrogen (secondary N) is 2. The lowest BCUT2D eigenvalue weighted by atomic mass is 9.99. The van der Waals surface area contributed by atoms with Crippen LogP contribution in [0, 0.1) is 5.92 Å². The predicted molar refractivity (Wildman–Crippen MR) is 90.4 cm³/mol. The van der Waals surface area contributed by atoms with E-state index in [0.717, 1.165) is 44.6 Å². The van der Waals surface area contributed by atoms with Crippen LogP contribution in [-0.4, -0.2) is 39.2 Å². The number of benzene rings is 1. The molecule has 2 N–H and O–H groups in total. The summed E-state index contributed by atoms with van der Waals surface area (Å²) in [5, 5.41) is 18.7. The highest BCUT2D eigenvalue weighted by Gasteiger charge is 2.30. The van der Waals surface area contributed by atoms with Gasteiger partial charge in [0, 0.05) is 18.2 Å². The molecule has 2 heterocycles. The van der Waals surface area contributed by atoms with Gasteiger partial charge in [0.25, 0.3) is 0 Å². The number of tetrazole rings is 1. The molecule has 2 aliphatic rings. The summed E-state index contributed by atoms with van der Waals surface area (Å²) in [6.45, 7) is 1.71. The van der Waals surface area contributed by atoms with E-state index in [2.05, 4.69) is 26.2 Å². The maximum absolute atomic E-state index is 12.4. The van der Waals surface area contributed by atoms with Crippen molar-refractivity contribution < 1.29 is 4.79 Å². The summed E-state index contributed by atoms with van der Waals surface area (Å²) in [5.74, 6) is 1.28. The number of piperidine rings is 1. The van der Waals surface area contributed by atoms with Crippen molar-refractivity contribution in [3.05, 3.63) is 29.0 Å². The van der Waals surface area contributed by atoms with Crippen LogP contribution in [0.25, 0.3) is 5.69 Å². The molecule has 0 bridgehead atoms. The molecule has 7 nitrogen and oxygen atoms in total. The van der Waals surface area contributed by atoms with Gasteiger partial charge in [-0.1, -0.05) is 11.6 Å². The van der Waals surface area contributed by atoms with E-state index in [9.17, 15) is 4.79 Å². The monoisotopic (exact) mass is 346 g/mol. The Balaban J connectivity index is 1.57. The maximum Gasteiger partial charge on any atom is 0.228 e. The summed E-state index contributed by atoms with van der Waals surface area (Å²) in [4.78, 5) is 12.4. The number of halogens is 1. The summed E-state index contributed by atoms with van der Waals surface area (Å²) in [6.07, 6.45) is 4.14. The normalized spacial score (nSPS) is 20.8. The van der Waals surface area contributed by atoms with Crippen molar-refractivity contribution in [1.82, 2.24) is 25.5 Å². The molecule has 0 radical (unpaired) electrons. The van der Waals surface area contributed by atoms with Gasteiger partial charge in [0.15, 0.2) is 5.82 Å². The first-order chi connectivity index (χ1) is 11.7. The number of anilines is 1. The van der Waals surface area contributed by atoms with Crippen molar-refractivity contribution in [3.8, 4) is 5.69 Å². The Morgan fingerprint density at radius 2 is 2.21 bits per heavy atom. The van der Waals surface area contributed by atoms with E-state index in [0.29, 0.717) is 22.3 Å². The van der Waals surface area contributed by atoms with E-state index >= 15 is 0 Å². The molecule has 1 unspecified atom stereocenters. The molecule has 1 atom stereocenters. The predicted octanol–water partition coefficient (Wildman–Crippen LogP) is 2.13. The SMILES string of the molecule is O=C(Nc1ccc(Cl)c(-n2nnnc2C2CC2)c1)C1CCCNC1. The molecule has 1 aromatic heterocycles. The van der Waals surface area contributed by atoms with Gasteiger partial charge >= 0.3 is 0 Å². The van der Waals surface area contributed by atoms with Crippen LogP contribution in [0.1, 0.15) is 37.4 Å². The van der Waals surface area contributed by atoms with Gasteiger partial charge in [-0.3, -0.25) is 4.79 Å². The third-order valence-corrected chi connectivity index (χ3v) is 4.87. The van der Waals surface area contributed by atoms with Crippen molar-refractivity contribution in [2.45, 2.75) is 31.6 Å². The third-order valence-electron chi connectivity index (χ3n) is 4.55. The second-order valence-electron chi connectivity index (χ2n) is 6.42. The van der Waals surface area contributed by atoms with Crippen molar-refractivity contribution in [2.75, 3.05) is 18.4 Å². The van der Waals surface area contributed by atoms with Gasteiger partial charge in [-0.2, -0.15) is 4.68 Å². The fourth-order valence-corrected chi connectivity index (χ4v) is 3.23. The average molecular weight is 347 g/mol. The van der Waals surface area contributed by atoms with Crippen LogP contribution in [0.5, 0.6) is 0 Å². The van der Waals surface area contributed by atoms with Gasteiger partial charge in [0.2, 0.25) is 5.91 Å². The lowest BCUT2D eigenvalue weighted by molar-refractivity contribution is -0.120. The molecule has 2 fully saturated rings. The van der Waals surface area contributed by atoms with E-state index in [4.69, 9.17) is 11.6 Å². The Bertz CT molecular complexity index is 751. The molecule has 2 aromatic rings. The van der Waals surface area contributed by atoms with E-state index in [-0.39, 0.29) is 11.8 Å². The molecular formula is C16H19ClN6O. The third kappa shape index (κ3) is 3.14. The Hall–Kier alpha value is -1.99. The molecule has 1 aliphatic carbocycles. The lowest BCUT2D eigenvalue weighted by Crippen LogP contribution is -2.37. The second-order valence-corrected chi connectivity index (χ2v) is 6.83. The number of amides is 1. The minimum Gasteiger partial charge on any atom is -0.326 e. The fourth-order valence-electron chi connectivity index (χ4n) is 3.03. The van der Waals surface area contributed by atoms with E-state index in [1.165, 1.54) is 0 Å². The molecule has 24 heavy (non-hydrogen) atoms. The van der Waals surface area contributed by atoms with Gasteiger partial charge in [-0.15, -0.1) is 5.10 Å². The van der Waals surface area contributed by atoms with Crippen LogP contribution in [-0.2, 0) is 4.79 Å². The second kappa shape index (κ2) is 6.49. The molecule has 1 aliphatic heterocycles. The molecule has 1 amide bonds. The average Bonchev–Trinajstić information content (AvgIpc) is 3.34. The lowest BCUT2D eigenvalue weighted by Gasteiger charge is -2.22. The Morgan fingerprint density at radius 1 is 1.33 bits per heavy atom. The van der Waals surface area contributed by atoms with Crippen molar-refractivity contribution >= 4 is 23.2 Å². The fraction of sp³-hybridized carbons (Fsp3) is 0.500. The molecule has 1 aromatic carbocycles. The number of hydrogen-bond donors (Lipinski definition) is 2. The number of hydrogen-bond acceptors (Lipinski definition) is 5. The Kier molecular flexibility index (Phi) is 4.20. The van der Waals surface area contributed by atoms with Crippen LogP contribution in [0.4, 0.5) is 5.69 Å². The molecule has 8 heteroatoms. The highest BCUT2D eigenvalue weighted by Crippen LogP contribution is 2.40. The molecular weight excluding hydrogens is 328 g/mol. The van der Waals surface area contributed by atoms with Crippen molar-refractivity contribution in [1.29, 1.82) is 0 Å². The zero-order valence-corrected chi connectivity index (χ0v) is 14.0. The number of carbonyl (C=O) groups excluding carboxylic acids is 1. The molecule has 1 saturated carbocycles. The summed E-state index contributed by atoms with van der Waals surface area (Å²) < 4.78 is 1.68. The van der Waals surface area contributed by atoms with Crippen LogP contribution in [0.15, 0.2) is 18.2 Å². The number of aromatic nitrogens is 4. The van der Waals surface area contributed by atoms with E-state index in [1.54, 1.807) is 16.8 Å². The van der Waals surface area contributed by atoms with E-state index < -0.39 is 0 Å². The zero-order valence-electron chi connectivity index (χ0n) is 13.2. The molecule has 0 spiro atoms. The van der Waals surface area contributed by atoms with Gasteiger partial charge < -0.3 is 10.6 Å². The summed E-state index contributed by atoms with van der Waals surface area (Å²) in [7, 11) is 0. The first kappa shape index (κ1) is 15.5. The largest absolute Gasteiger partial charge is 0.326 e. The molecule has 1 saturated heterocycles. The maximum atomic E-state index is 12.4. The van der Waals surface area contributed by atoms with Crippen LogP contribution >= 0.6 is 11.6 Å². The standard InChI is InChI=1S/C16H19ClN6O/c17-13-6-5-12(19-16(24)11-2-1-7-18-9-11)8-14(13)23-15(10-3-4-10)20-21-22-23/h5-6,8,10-11,18H,1-4,7,9H2,(H,19,24). The topological polar surface area (TPSA) is 84.7 Å². The van der Waals surface area contributed by atoms with Crippen molar-refractivity contribution in [2.24, 2.45) is 5.92 Å². The Labute approximate surface area is 144 Å². The highest BCUT2D eigenvalue weighted by molar-refractivity contribution is 6.32. The first-order valence-electron chi connectivity index (χ1n) is 8.32. The first-order valence-corrected chi connectivity index (χ1v) is 8.70. The number of nitrogens with zero attached hydrogens (tertiary/aromatic N) is 4. The van der Waals surface area contributed by atoms with Crippen LogP contribution < -0.4 is 10.6 Å². The number of rotatable bonds is 4.